The van der Waals surface area contributed by atoms with Crippen molar-refractivity contribution in [2.75, 3.05) is 5.75 Å². The van der Waals surface area contributed by atoms with E-state index in [2.05, 4.69) is 42.9 Å². The van der Waals surface area contributed by atoms with Crippen molar-refractivity contribution in [3.63, 3.8) is 0 Å². The van der Waals surface area contributed by atoms with Crippen LogP contribution in [0.3, 0.4) is 0 Å². The minimum atomic E-state index is 0.438. The van der Waals surface area contributed by atoms with Gasteiger partial charge >= 0.3 is 0 Å². The van der Waals surface area contributed by atoms with E-state index in [1.165, 1.54) is 34.9 Å². The lowest BCUT2D eigenvalue weighted by Gasteiger charge is -2.09. The van der Waals surface area contributed by atoms with Crippen LogP contribution in [-0.4, -0.2) is 20.7 Å². The molecule has 0 radical (unpaired) electrons. The molecule has 0 aliphatic carbocycles. The van der Waals surface area contributed by atoms with E-state index >= 15 is 0 Å². The monoisotopic (exact) mass is 444 g/mol. The number of terminal acetylenes is 1. The summed E-state index contributed by atoms with van der Waals surface area (Å²) in [5.74, 6) is 3.04. The van der Waals surface area contributed by atoms with E-state index < -0.39 is 0 Å². The van der Waals surface area contributed by atoms with Crippen molar-refractivity contribution in [3.05, 3.63) is 45.9 Å². The average Bonchev–Trinajstić information content (AvgIpc) is 3.13. The van der Waals surface area contributed by atoms with Gasteiger partial charge in [-0.3, -0.25) is 0 Å². The second-order valence-corrected chi connectivity index (χ2v) is 8.54. The Bertz CT molecular complexity index is 957. The molecule has 4 nitrogen and oxygen atoms in total. The predicted octanol–water partition coefficient (Wildman–Crippen LogP) is 5.11. The van der Waals surface area contributed by atoms with Crippen LogP contribution in [-0.2, 0) is 0 Å². The number of nitrogens with zero attached hydrogens (tertiary/aromatic N) is 4. The molecule has 0 amide bonds. The van der Waals surface area contributed by atoms with Crippen LogP contribution < -0.4 is 0 Å². The maximum Gasteiger partial charge on any atom is 0.190 e. The summed E-state index contributed by atoms with van der Waals surface area (Å²) in [6.45, 7) is 0. The summed E-state index contributed by atoms with van der Waals surface area (Å²) in [4.78, 5) is 13.3. The molecule has 0 aliphatic rings. The number of nitriles is 1. The number of hydrogen-bond acceptors (Lipinski definition) is 7. The zero-order valence-electron chi connectivity index (χ0n) is 12.6. The number of halogens is 1. The third-order valence-corrected chi connectivity index (χ3v) is 6.12. The topological polar surface area (TPSA) is 62.5 Å². The lowest BCUT2D eigenvalue weighted by atomic mass is 10.1. The summed E-state index contributed by atoms with van der Waals surface area (Å²) in [7, 11) is 0. The van der Waals surface area contributed by atoms with Crippen LogP contribution in [0, 0.1) is 23.7 Å². The molecule has 25 heavy (non-hydrogen) atoms. The average molecular weight is 445 g/mol. The smallest absolute Gasteiger partial charge is 0.190 e. The largest absolute Gasteiger partial charge is 0.238 e. The molecule has 8 heteroatoms. The fraction of sp³-hybridized carbons (Fsp3) is 0.0588. The summed E-state index contributed by atoms with van der Waals surface area (Å²) in [6, 6.07) is 9.91. The molecule has 0 bridgehead atoms. The van der Waals surface area contributed by atoms with Gasteiger partial charge in [-0.25, -0.2) is 15.0 Å². The lowest BCUT2D eigenvalue weighted by molar-refractivity contribution is 0.888. The van der Waals surface area contributed by atoms with Gasteiger partial charge < -0.3 is 0 Å². The summed E-state index contributed by atoms with van der Waals surface area (Å²) >= 11 is 7.66. The van der Waals surface area contributed by atoms with Crippen molar-refractivity contribution in [2.24, 2.45) is 0 Å². The van der Waals surface area contributed by atoms with E-state index in [0.717, 1.165) is 14.4 Å². The fourth-order valence-electron chi connectivity index (χ4n) is 1.93. The van der Waals surface area contributed by atoms with Crippen molar-refractivity contribution >= 4 is 50.8 Å². The molecule has 0 saturated heterocycles. The molecule has 0 aliphatic heterocycles. The van der Waals surface area contributed by atoms with E-state index in [9.17, 15) is 5.26 Å². The van der Waals surface area contributed by atoms with Gasteiger partial charge in [0.25, 0.3) is 0 Å². The van der Waals surface area contributed by atoms with Gasteiger partial charge in [0, 0.05) is 21.6 Å². The third kappa shape index (κ3) is 4.42. The molecule has 0 N–H and O–H groups in total. The Morgan fingerprint density at radius 2 is 2.04 bits per heavy atom. The zero-order valence-corrected chi connectivity index (χ0v) is 16.7. The normalized spacial score (nSPS) is 10.2. The van der Waals surface area contributed by atoms with Gasteiger partial charge in [0.2, 0.25) is 0 Å². The Kier molecular flexibility index (Phi) is 6.11. The Morgan fingerprint density at radius 3 is 2.68 bits per heavy atom. The first kappa shape index (κ1) is 18.0. The highest BCUT2D eigenvalue weighted by atomic mass is 79.9. The van der Waals surface area contributed by atoms with E-state index in [0.29, 0.717) is 27.2 Å². The van der Waals surface area contributed by atoms with Crippen LogP contribution in [0.2, 0.25) is 0 Å². The Labute approximate surface area is 166 Å². The van der Waals surface area contributed by atoms with Crippen molar-refractivity contribution in [1.82, 2.24) is 15.0 Å². The molecule has 2 heterocycles. The number of rotatable bonds is 5. The van der Waals surface area contributed by atoms with Gasteiger partial charge in [0.1, 0.15) is 16.7 Å². The lowest BCUT2D eigenvalue weighted by Crippen LogP contribution is -1.99. The number of benzene rings is 1. The van der Waals surface area contributed by atoms with Gasteiger partial charge in [0.15, 0.2) is 9.50 Å². The predicted molar refractivity (Wildman–Crippen MR) is 106 cm³/mol. The molecule has 0 unspecified atom stereocenters. The molecule has 0 atom stereocenters. The van der Waals surface area contributed by atoms with Crippen LogP contribution in [0.4, 0.5) is 0 Å². The zero-order chi connectivity index (χ0) is 17.6. The van der Waals surface area contributed by atoms with Gasteiger partial charge in [-0.05, 0) is 23.9 Å². The second-order valence-electron chi connectivity index (χ2n) is 4.55. The van der Waals surface area contributed by atoms with Gasteiger partial charge in [-0.2, -0.15) is 5.26 Å². The molecule has 3 rings (SSSR count). The highest BCUT2D eigenvalue weighted by Crippen LogP contribution is 2.35. The molecular formula is C17H9BrN4S3. The van der Waals surface area contributed by atoms with Gasteiger partial charge in [-0.1, -0.05) is 45.7 Å². The molecule has 2 aromatic heterocycles. The van der Waals surface area contributed by atoms with E-state index in [1.54, 1.807) is 6.20 Å². The van der Waals surface area contributed by atoms with E-state index in [1.807, 2.05) is 29.6 Å². The van der Waals surface area contributed by atoms with E-state index in [-0.39, 0.29) is 0 Å². The molecular weight excluding hydrogens is 436 g/mol. The van der Waals surface area contributed by atoms with Gasteiger partial charge in [0.05, 0.1) is 11.4 Å². The summed E-state index contributed by atoms with van der Waals surface area (Å²) < 4.78 is 1.79. The first-order chi connectivity index (χ1) is 12.2. The fourth-order valence-corrected chi connectivity index (χ4v) is 4.38. The van der Waals surface area contributed by atoms with Crippen molar-refractivity contribution in [2.45, 2.75) is 14.5 Å². The molecule has 1 aromatic carbocycles. The maximum atomic E-state index is 9.70. The minimum absolute atomic E-state index is 0.438. The summed E-state index contributed by atoms with van der Waals surface area (Å²) in [5, 5.41) is 12.7. The Hall–Kier alpha value is -1.84. The standard InChI is InChI=1S/C17H9BrN4S3/c1-2-8-23-16-21-14(11-3-5-12(18)6-4-11)13(10-19)15(22-16)25-17-20-7-9-24-17/h1,3-7,9H,8H2. The Balaban J connectivity index is 2.12. The molecule has 122 valence electrons. The highest BCUT2D eigenvalue weighted by Gasteiger charge is 2.18. The van der Waals surface area contributed by atoms with Crippen LogP contribution >= 0.6 is 50.8 Å². The molecule has 0 fully saturated rings. The number of thioether (sulfide) groups is 1. The van der Waals surface area contributed by atoms with Crippen LogP contribution in [0.15, 0.2) is 54.8 Å². The van der Waals surface area contributed by atoms with Crippen LogP contribution in [0.1, 0.15) is 5.56 Å². The van der Waals surface area contributed by atoms with Gasteiger partial charge in [-0.15, -0.1) is 17.8 Å². The third-order valence-electron chi connectivity index (χ3n) is 2.96. The van der Waals surface area contributed by atoms with Crippen molar-refractivity contribution in [3.8, 4) is 29.7 Å². The van der Waals surface area contributed by atoms with Crippen molar-refractivity contribution < 1.29 is 0 Å². The quantitative estimate of drug-likeness (QED) is 0.235. The summed E-state index contributed by atoms with van der Waals surface area (Å²) in [5.41, 5.74) is 1.89. The Morgan fingerprint density at radius 1 is 1.24 bits per heavy atom. The second kappa shape index (κ2) is 8.50. The number of aromatic nitrogens is 3. The van der Waals surface area contributed by atoms with Crippen molar-refractivity contribution in [1.29, 1.82) is 5.26 Å². The highest BCUT2D eigenvalue weighted by molar-refractivity contribution is 9.10. The summed E-state index contributed by atoms with van der Waals surface area (Å²) in [6.07, 6.45) is 7.07. The van der Waals surface area contributed by atoms with Crippen LogP contribution in [0.25, 0.3) is 11.3 Å². The molecule has 3 aromatic rings. The van der Waals surface area contributed by atoms with E-state index in [4.69, 9.17) is 6.42 Å². The number of hydrogen-bond donors (Lipinski definition) is 0. The first-order valence-electron chi connectivity index (χ1n) is 6.93. The SMILES string of the molecule is C#CCSc1nc(Sc2nccs2)c(C#N)c(-c2ccc(Br)cc2)n1. The minimum Gasteiger partial charge on any atom is -0.238 e. The molecule has 0 saturated carbocycles. The molecule has 0 spiro atoms. The van der Waals surface area contributed by atoms with Crippen LogP contribution in [0.5, 0.6) is 0 Å². The first-order valence-corrected chi connectivity index (χ1v) is 10.4. The maximum absolute atomic E-state index is 9.70. The number of thiazole rings is 1.